The molecular formula is C13H14N2O. The van der Waals surface area contributed by atoms with Crippen LogP contribution in [0.4, 0.5) is 0 Å². The SMILES string of the molecule is NCC1(c2cnc3ccccc3c2)COC1. The van der Waals surface area contributed by atoms with Crippen LogP contribution in [-0.4, -0.2) is 24.7 Å². The Morgan fingerprint density at radius 3 is 2.81 bits per heavy atom. The molecule has 0 atom stereocenters. The van der Waals surface area contributed by atoms with Crippen LogP contribution in [0.1, 0.15) is 5.56 Å². The van der Waals surface area contributed by atoms with Gasteiger partial charge < -0.3 is 10.5 Å². The number of pyridine rings is 1. The fourth-order valence-electron chi connectivity index (χ4n) is 2.11. The molecule has 0 spiro atoms. The number of benzene rings is 1. The molecule has 2 heterocycles. The van der Waals surface area contributed by atoms with E-state index in [4.69, 9.17) is 10.5 Å². The predicted molar refractivity (Wildman–Crippen MR) is 63.3 cm³/mol. The first-order valence-corrected chi connectivity index (χ1v) is 5.47. The van der Waals surface area contributed by atoms with Gasteiger partial charge in [0.2, 0.25) is 0 Å². The maximum Gasteiger partial charge on any atom is 0.0702 e. The smallest absolute Gasteiger partial charge is 0.0702 e. The number of fused-ring (bicyclic) bond motifs is 1. The first kappa shape index (κ1) is 9.75. The number of nitrogens with two attached hydrogens (primary N) is 1. The van der Waals surface area contributed by atoms with Gasteiger partial charge in [-0.3, -0.25) is 4.98 Å². The van der Waals surface area contributed by atoms with Crippen molar-refractivity contribution in [3.63, 3.8) is 0 Å². The van der Waals surface area contributed by atoms with E-state index in [1.165, 1.54) is 10.9 Å². The van der Waals surface area contributed by atoms with Gasteiger partial charge in [-0.1, -0.05) is 18.2 Å². The van der Waals surface area contributed by atoms with Crippen LogP contribution < -0.4 is 5.73 Å². The molecule has 0 aliphatic carbocycles. The van der Waals surface area contributed by atoms with Gasteiger partial charge in [0.1, 0.15) is 0 Å². The van der Waals surface area contributed by atoms with Gasteiger partial charge in [0.25, 0.3) is 0 Å². The first-order chi connectivity index (χ1) is 7.84. The Morgan fingerprint density at radius 1 is 1.31 bits per heavy atom. The van der Waals surface area contributed by atoms with E-state index in [2.05, 4.69) is 17.1 Å². The lowest BCUT2D eigenvalue weighted by Crippen LogP contribution is -2.52. The van der Waals surface area contributed by atoms with Gasteiger partial charge in [0, 0.05) is 18.1 Å². The second-order valence-electron chi connectivity index (χ2n) is 4.39. The minimum absolute atomic E-state index is 0.00295. The van der Waals surface area contributed by atoms with Crippen LogP contribution in [0.2, 0.25) is 0 Å². The summed E-state index contributed by atoms with van der Waals surface area (Å²) in [5, 5.41) is 1.17. The van der Waals surface area contributed by atoms with Gasteiger partial charge in [-0.05, 0) is 17.7 Å². The molecule has 1 fully saturated rings. The van der Waals surface area contributed by atoms with E-state index in [1.807, 2.05) is 24.4 Å². The number of nitrogens with zero attached hydrogens (tertiary/aromatic N) is 1. The number of hydrogen-bond acceptors (Lipinski definition) is 3. The third kappa shape index (κ3) is 1.32. The van der Waals surface area contributed by atoms with E-state index in [-0.39, 0.29) is 5.41 Å². The standard InChI is InChI=1S/C13H14N2O/c14-7-13(8-16-9-13)11-5-10-3-1-2-4-12(10)15-6-11/h1-6H,7-9,14H2. The minimum Gasteiger partial charge on any atom is -0.379 e. The van der Waals surface area contributed by atoms with E-state index >= 15 is 0 Å². The Hall–Kier alpha value is -1.45. The molecule has 1 saturated heterocycles. The van der Waals surface area contributed by atoms with Crippen molar-refractivity contribution in [3.05, 3.63) is 42.1 Å². The second kappa shape index (κ2) is 3.54. The molecule has 2 aromatic rings. The van der Waals surface area contributed by atoms with Gasteiger partial charge in [0.05, 0.1) is 24.1 Å². The predicted octanol–water partition coefficient (Wildman–Crippen LogP) is 1.46. The zero-order valence-corrected chi connectivity index (χ0v) is 9.02. The van der Waals surface area contributed by atoms with Gasteiger partial charge >= 0.3 is 0 Å². The lowest BCUT2D eigenvalue weighted by atomic mass is 9.79. The number of para-hydroxylation sites is 1. The molecule has 0 saturated carbocycles. The maximum atomic E-state index is 5.84. The highest BCUT2D eigenvalue weighted by Gasteiger charge is 2.39. The molecule has 3 rings (SSSR count). The average Bonchev–Trinajstić information content (AvgIpc) is 2.28. The molecule has 0 bridgehead atoms. The largest absolute Gasteiger partial charge is 0.379 e. The zero-order valence-electron chi connectivity index (χ0n) is 9.02. The zero-order chi connectivity index (χ0) is 11.0. The fraction of sp³-hybridized carbons (Fsp3) is 0.308. The summed E-state index contributed by atoms with van der Waals surface area (Å²) in [6.07, 6.45) is 1.93. The summed E-state index contributed by atoms with van der Waals surface area (Å²) in [6.45, 7) is 2.04. The van der Waals surface area contributed by atoms with E-state index < -0.39 is 0 Å². The third-order valence-corrected chi connectivity index (χ3v) is 3.35. The van der Waals surface area contributed by atoms with E-state index in [1.54, 1.807) is 0 Å². The van der Waals surface area contributed by atoms with Crippen molar-refractivity contribution in [2.45, 2.75) is 5.41 Å². The Kier molecular flexibility index (Phi) is 2.16. The molecule has 3 nitrogen and oxygen atoms in total. The normalized spacial score (nSPS) is 18.3. The van der Waals surface area contributed by atoms with Crippen LogP contribution in [0.15, 0.2) is 36.5 Å². The fourth-order valence-corrected chi connectivity index (χ4v) is 2.11. The van der Waals surface area contributed by atoms with Crippen molar-refractivity contribution in [3.8, 4) is 0 Å². The van der Waals surface area contributed by atoms with Crippen molar-refractivity contribution >= 4 is 10.9 Å². The Balaban J connectivity index is 2.11. The second-order valence-corrected chi connectivity index (χ2v) is 4.39. The number of aromatic nitrogens is 1. The molecule has 0 unspecified atom stereocenters. The highest BCUT2D eigenvalue weighted by Crippen LogP contribution is 2.32. The lowest BCUT2D eigenvalue weighted by molar-refractivity contribution is -0.0551. The highest BCUT2D eigenvalue weighted by atomic mass is 16.5. The molecule has 82 valence electrons. The molecule has 16 heavy (non-hydrogen) atoms. The van der Waals surface area contributed by atoms with E-state index in [0.717, 1.165) is 5.52 Å². The van der Waals surface area contributed by atoms with Crippen LogP contribution in [0.5, 0.6) is 0 Å². The first-order valence-electron chi connectivity index (χ1n) is 5.47. The summed E-state index contributed by atoms with van der Waals surface area (Å²) in [6, 6.07) is 10.3. The molecule has 0 radical (unpaired) electrons. The number of hydrogen-bond donors (Lipinski definition) is 1. The van der Waals surface area contributed by atoms with E-state index in [0.29, 0.717) is 19.8 Å². The van der Waals surface area contributed by atoms with Crippen LogP contribution in [-0.2, 0) is 10.2 Å². The van der Waals surface area contributed by atoms with E-state index in [9.17, 15) is 0 Å². The Morgan fingerprint density at radius 2 is 2.12 bits per heavy atom. The van der Waals surface area contributed by atoms with Crippen molar-refractivity contribution in [1.29, 1.82) is 0 Å². The third-order valence-electron chi connectivity index (χ3n) is 3.35. The summed E-state index contributed by atoms with van der Waals surface area (Å²) in [4.78, 5) is 4.47. The van der Waals surface area contributed by atoms with Gasteiger partial charge in [0.15, 0.2) is 0 Å². The van der Waals surface area contributed by atoms with Crippen LogP contribution >= 0.6 is 0 Å². The van der Waals surface area contributed by atoms with Gasteiger partial charge in [-0.15, -0.1) is 0 Å². The number of ether oxygens (including phenoxy) is 1. The summed E-state index contributed by atoms with van der Waals surface area (Å²) >= 11 is 0. The van der Waals surface area contributed by atoms with Crippen LogP contribution in [0.25, 0.3) is 10.9 Å². The molecular weight excluding hydrogens is 200 g/mol. The van der Waals surface area contributed by atoms with Crippen molar-refractivity contribution in [2.24, 2.45) is 5.73 Å². The molecule has 1 aliphatic heterocycles. The molecule has 1 aromatic carbocycles. The minimum atomic E-state index is -0.00295. The number of rotatable bonds is 2. The Labute approximate surface area is 94.2 Å². The molecule has 1 aromatic heterocycles. The molecule has 0 amide bonds. The summed E-state index contributed by atoms with van der Waals surface area (Å²) in [7, 11) is 0. The van der Waals surface area contributed by atoms with Crippen molar-refractivity contribution < 1.29 is 4.74 Å². The monoisotopic (exact) mass is 214 g/mol. The quantitative estimate of drug-likeness (QED) is 0.823. The summed E-state index contributed by atoms with van der Waals surface area (Å²) in [5.41, 5.74) is 8.06. The van der Waals surface area contributed by atoms with Crippen LogP contribution in [0, 0.1) is 0 Å². The summed E-state index contributed by atoms with van der Waals surface area (Å²) in [5.74, 6) is 0. The lowest BCUT2D eigenvalue weighted by Gasteiger charge is -2.40. The van der Waals surface area contributed by atoms with Crippen molar-refractivity contribution in [2.75, 3.05) is 19.8 Å². The topological polar surface area (TPSA) is 48.1 Å². The molecule has 2 N–H and O–H groups in total. The average molecular weight is 214 g/mol. The maximum absolute atomic E-state index is 5.84. The van der Waals surface area contributed by atoms with Crippen LogP contribution in [0.3, 0.4) is 0 Å². The molecule has 1 aliphatic rings. The van der Waals surface area contributed by atoms with Gasteiger partial charge in [-0.2, -0.15) is 0 Å². The van der Waals surface area contributed by atoms with Crippen molar-refractivity contribution in [1.82, 2.24) is 4.98 Å². The molecule has 3 heteroatoms. The Bertz CT molecular complexity index is 515. The van der Waals surface area contributed by atoms with Gasteiger partial charge in [-0.25, -0.2) is 0 Å². The summed E-state index contributed by atoms with van der Waals surface area (Å²) < 4.78 is 5.29. The highest BCUT2D eigenvalue weighted by molar-refractivity contribution is 5.79.